The first-order valence-corrected chi connectivity index (χ1v) is 9.82. The minimum Gasteiger partial charge on any atom is -0.368 e. The third kappa shape index (κ3) is 4.96. The minimum atomic E-state index is -0.320. The van der Waals surface area contributed by atoms with Gasteiger partial charge in [0.15, 0.2) is 0 Å². The molecule has 1 atom stereocenters. The first-order chi connectivity index (χ1) is 14.7. The van der Waals surface area contributed by atoms with Gasteiger partial charge in [0, 0.05) is 25.4 Å². The molecule has 0 bridgehead atoms. The van der Waals surface area contributed by atoms with Gasteiger partial charge in [-0.25, -0.2) is 14.4 Å². The van der Waals surface area contributed by atoms with Gasteiger partial charge in [0.25, 0.3) is 0 Å². The van der Waals surface area contributed by atoms with Gasteiger partial charge >= 0.3 is 0 Å². The molecule has 0 saturated carbocycles. The first-order valence-electron chi connectivity index (χ1n) is 9.82. The summed E-state index contributed by atoms with van der Waals surface area (Å²) < 4.78 is 19.7. The summed E-state index contributed by atoms with van der Waals surface area (Å²) in [6, 6.07) is 12.1. The van der Waals surface area contributed by atoms with E-state index >= 15 is 0 Å². The second-order valence-electron chi connectivity index (χ2n) is 6.95. The zero-order valence-electron chi connectivity index (χ0n) is 16.4. The Morgan fingerprint density at radius 1 is 1.17 bits per heavy atom. The fourth-order valence-electron chi connectivity index (χ4n) is 3.35. The van der Waals surface area contributed by atoms with E-state index in [1.54, 1.807) is 41.7 Å². The highest BCUT2D eigenvalue weighted by Crippen LogP contribution is 2.23. The number of nitrogens with zero attached hydrogens (tertiary/aromatic N) is 4. The molecule has 1 fully saturated rings. The molecule has 1 N–H and O–H groups in total. The van der Waals surface area contributed by atoms with Gasteiger partial charge in [-0.2, -0.15) is 0 Å². The van der Waals surface area contributed by atoms with Crippen molar-refractivity contribution in [2.75, 3.05) is 25.0 Å². The van der Waals surface area contributed by atoms with Crippen LogP contribution < -0.4 is 5.32 Å². The molecule has 0 radical (unpaired) electrons. The zero-order valence-corrected chi connectivity index (χ0v) is 16.4. The number of rotatable bonds is 6. The van der Waals surface area contributed by atoms with Crippen LogP contribution in [0.5, 0.6) is 0 Å². The van der Waals surface area contributed by atoms with Crippen molar-refractivity contribution in [2.24, 2.45) is 0 Å². The van der Waals surface area contributed by atoms with Crippen LogP contribution in [-0.2, 0) is 16.0 Å². The highest BCUT2D eigenvalue weighted by Gasteiger charge is 2.26. The smallest absolute Gasteiger partial charge is 0.223 e. The number of ether oxygens (including phenoxy) is 1. The van der Waals surface area contributed by atoms with Crippen LogP contribution in [0.4, 0.5) is 16.0 Å². The molecule has 1 aliphatic rings. The summed E-state index contributed by atoms with van der Waals surface area (Å²) in [6.45, 7) is 1.36. The Labute approximate surface area is 174 Å². The van der Waals surface area contributed by atoms with Crippen molar-refractivity contribution in [2.45, 2.75) is 18.9 Å². The second kappa shape index (κ2) is 9.41. The molecule has 1 aromatic carbocycles. The quantitative estimate of drug-likeness (QED) is 0.676. The predicted octanol–water partition coefficient (Wildman–Crippen LogP) is 3.29. The Morgan fingerprint density at radius 2 is 2.07 bits per heavy atom. The van der Waals surface area contributed by atoms with Crippen LogP contribution in [0.1, 0.15) is 23.8 Å². The van der Waals surface area contributed by atoms with Gasteiger partial charge < -0.3 is 15.0 Å². The van der Waals surface area contributed by atoms with E-state index in [0.29, 0.717) is 43.3 Å². The minimum absolute atomic E-state index is 0.0135. The second-order valence-corrected chi connectivity index (χ2v) is 6.95. The molecular weight excluding hydrogens is 385 g/mol. The number of hydrogen-bond donors (Lipinski definition) is 1. The third-order valence-corrected chi connectivity index (χ3v) is 4.91. The Morgan fingerprint density at radius 3 is 2.90 bits per heavy atom. The van der Waals surface area contributed by atoms with Gasteiger partial charge in [-0.05, 0) is 30.2 Å². The summed E-state index contributed by atoms with van der Waals surface area (Å²) >= 11 is 0. The lowest BCUT2D eigenvalue weighted by Gasteiger charge is -2.33. The van der Waals surface area contributed by atoms with Crippen molar-refractivity contribution in [1.82, 2.24) is 19.9 Å². The lowest BCUT2D eigenvalue weighted by molar-refractivity contribution is -0.139. The summed E-state index contributed by atoms with van der Waals surface area (Å²) in [5, 5.41) is 3.10. The van der Waals surface area contributed by atoms with Gasteiger partial charge in [0.1, 0.15) is 23.6 Å². The monoisotopic (exact) mass is 407 g/mol. The molecule has 1 saturated heterocycles. The first kappa shape index (κ1) is 19.9. The summed E-state index contributed by atoms with van der Waals surface area (Å²) in [7, 11) is 0. The molecule has 0 aliphatic carbocycles. The summed E-state index contributed by atoms with van der Waals surface area (Å²) in [6.07, 6.45) is 5.13. The standard InChI is InChI=1S/C22H22FN5O2/c23-17-5-2-1-4-16(17)8-9-22(29)28-12-13-30-19(15-28)18-6-3-7-20(26-18)27-21-14-24-10-11-25-21/h1-7,10-11,14,19H,8-9,12-13,15H2,(H,25,26,27)/t19-/m1/s1. The molecule has 1 aliphatic heterocycles. The van der Waals surface area contributed by atoms with E-state index in [1.165, 1.54) is 6.07 Å². The van der Waals surface area contributed by atoms with Crippen LogP contribution in [-0.4, -0.2) is 45.5 Å². The lowest BCUT2D eigenvalue weighted by Crippen LogP contribution is -2.42. The molecule has 3 heterocycles. The van der Waals surface area contributed by atoms with Crippen LogP contribution in [0.25, 0.3) is 0 Å². The normalized spacial score (nSPS) is 16.3. The highest BCUT2D eigenvalue weighted by molar-refractivity contribution is 5.76. The fourth-order valence-corrected chi connectivity index (χ4v) is 3.35. The number of aromatic nitrogens is 3. The number of pyridine rings is 1. The van der Waals surface area contributed by atoms with Crippen molar-refractivity contribution in [3.63, 3.8) is 0 Å². The average molecular weight is 407 g/mol. The zero-order chi connectivity index (χ0) is 20.8. The van der Waals surface area contributed by atoms with Gasteiger partial charge in [-0.3, -0.25) is 9.78 Å². The fraction of sp³-hybridized carbons (Fsp3) is 0.273. The molecule has 0 spiro atoms. The largest absolute Gasteiger partial charge is 0.368 e. The van der Waals surface area contributed by atoms with E-state index in [9.17, 15) is 9.18 Å². The predicted molar refractivity (Wildman–Crippen MR) is 110 cm³/mol. The van der Waals surface area contributed by atoms with E-state index < -0.39 is 0 Å². The van der Waals surface area contributed by atoms with E-state index in [4.69, 9.17) is 4.74 Å². The number of carbonyl (C=O) groups is 1. The van der Waals surface area contributed by atoms with E-state index in [-0.39, 0.29) is 24.2 Å². The number of halogens is 1. The average Bonchev–Trinajstić information content (AvgIpc) is 2.79. The van der Waals surface area contributed by atoms with Gasteiger partial charge in [0.05, 0.1) is 25.0 Å². The Bertz CT molecular complexity index is 1000. The van der Waals surface area contributed by atoms with Crippen LogP contribution in [0.2, 0.25) is 0 Å². The van der Waals surface area contributed by atoms with Crippen molar-refractivity contribution >= 4 is 17.5 Å². The molecule has 4 rings (SSSR count). The van der Waals surface area contributed by atoms with Gasteiger partial charge in [-0.1, -0.05) is 24.3 Å². The Hall–Kier alpha value is -3.39. The molecule has 8 heteroatoms. The van der Waals surface area contributed by atoms with Crippen molar-refractivity contribution in [1.29, 1.82) is 0 Å². The molecule has 0 unspecified atom stereocenters. The van der Waals surface area contributed by atoms with E-state index in [0.717, 1.165) is 5.69 Å². The van der Waals surface area contributed by atoms with E-state index in [2.05, 4.69) is 20.3 Å². The number of aryl methyl sites for hydroxylation is 1. The van der Waals surface area contributed by atoms with Gasteiger partial charge in [-0.15, -0.1) is 0 Å². The molecule has 30 heavy (non-hydrogen) atoms. The van der Waals surface area contributed by atoms with Crippen molar-refractivity contribution in [3.8, 4) is 0 Å². The maximum absolute atomic E-state index is 13.8. The number of morpholine rings is 1. The van der Waals surface area contributed by atoms with Crippen molar-refractivity contribution in [3.05, 3.63) is 78.1 Å². The number of benzene rings is 1. The van der Waals surface area contributed by atoms with Crippen LogP contribution >= 0.6 is 0 Å². The Balaban J connectivity index is 1.38. The van der Waals surface area contributed by atoms with Crippen molar-refractivity contribution < 1.29 is 13.9 Å². The topological polar surface area (TPSA) is 80.2 Å². The van der Waals surface area contributed by atoms with Crippen LogP contribution in [0, 0.1) is 5.82 Å². The highest BCUT2D eigenvalue weighted by atomic mass is 19.1. The summed E-state index contributed by atoms with van der Waals surface area (Å²) in [5.74, 6) is 0.929. The lowest BCUT2D eigenvalue weighted by atomic mass is 10.1. The molecule has 3 aromatic rings. The van der Waals surface area contributed by atoms with Crippen LogP contribution in [0.15, 0.2) is 61.1 Å². The maximum atomic E-state index is 13.8. The number of nitrogens with one attached hydrogen (secondary N) is 1. The molecular formula is C22H22FN5O2. The molecule has 1 amide bonds. The Kier molecular flexibility index (Phi) is 6.24. The van der Waals surface area contributed by atoms with E-state index in [1.807, 2.05) is 18.2 Å². The number of carbonyl (C=O) groups excluding carboxylic acids is 1. The molecule has 2 aromatic heterocycles. The number of amides is 1. The molecule has 7 nitrogen and oxygen atoms in total. The summed E-state index contributed by atoms with van der Waals surface area (Å²) in [4.78, 5) is 27.2. The summed E-state index contributed by atoms with van der Waals surface area (Å²) in [5.41, 5.74) is 1.29. The number of anilines is 2. The molecule has 154 valence electrons. The SMILES string of the molecule is O=C(CCc1ccccc1F)N1CCO[C@@H](c2cccc(Nc3cnccn3)n2)C1. The third-order valence-electron chi connectivity index (χ3n) is 4.91. The van der Waals surface area contributed by atoms with Crippen LogP contribution in [0.3, 0.4) is 0 Å². The van der Waals surface area contributed by atoms with Gasteiger partial charge in [0.2, 0.25) is 5.91 Å². The number of hydrogen-bond acceptors (Lipinski definition) is 6. The maximum Gasteiger partial charge on any atom is 0.223 e.